The number of thiophene rings is 1. The van der Waals surface area contributed by atoms with Gasteiger partial charge >= 0.3 is 0 Å². The van der Waals surface area contributed by atoms with Crippen LogP contribution in [0.4, 0.5) is 0 Å². The second-order valence-corrected chi connectivity index (χ2v) is 7.00. The lowest BCUT2D eigenvalue weighted by Gasteiger charge is -2.46. The minimum atomic E-state index is 0.512. The van der Waals surface area contributed by atoms with Gasteiger partial charge in [0.05, 0.1) is 3.79 Å². The molecule has 1 nitrogen and oxygen atoms in total. The van der Waals surface area contributed by atoms with Crippen LogP contribution < -0.4 is 5.32 Å². The first-order chi connectivity index (χ1) is 6.71. The Balaban J connectivity index is 2.11. The predicted octanol–water partition coefficient (Wildman–Crippen LogP) is 3.60. The minimum absolute atomic E-state index is 0.512. The van der Waals surface area contributed by atoms with Gasteiger partial charge < -0.3 is 5.32 Å². The maximum absolute atomic E-state index is 3.63. The molecule has 1 spiro atoms. The summed E-state index contributed by atoms with van der Waals surface area (Å²) >= 11 is 5.57. The molecule has 1 atom stereocenters. The zero-order chi connectivity index (χ0) is 9.76. The van der Waals surface area contributed by atoms with Gasteiger partial charge in [-0.15, -0.1) is 11.3 Å². The van der Waals surface area contributed by atoms with E-state index in [1.807, 2.05) is 11.3 Å². The Morgan fingerprint density at radius 1 is 1.57 bits per heavy atom. The van der Waals surface area contributed by atoms with Crippen LogP contribution in [0.3, 0.4) is 0 Å². The quantitative estimate of drug-likeness (QED) is 0.761. The van der Waals surface area contributed by atoms with Crippen molar-refractivity contribution in [2.45, 2.75) is 37.6 Å². The molecule has 0 amide bonds. The lowest BCUT2D eigenvalue weighted by Crippen LogP contribution is -2.48. The summed E-state index contributed by atoms with van der Waals surface area (Å²) in [4.78, 5) is 1.65. The van der Waals surface area contributed by atoms with E-state index in [1.165, 1.54) is 35.2 Å². The number of hydrogen-bond acceptors (Lipinski definition) is 2. The van der Waals surface area contributed by atoms with E-state index in [1.54, 1.807) is 4.88 Å². The van der Waals surface area contributed by atoms with Crippen molar-refractivity contribution in [1.29, 1.82) is 0 Å². The highest BCUT2D eigenvalue weighted by Gasteiger charge is 2.44. The number of fused-ring (bicyclic) bond motifs is 2. The first kappa shape index (κ1) is 9.37. The summed E-state index contributed by atoms with van der Waals surface area (Å²) in [5.74, 6) is 0. The molecule has 0 bridgehead atoms. The third-order valence-corrected chi connectivity index (χ3v) is 5.64. The maximum Gasteiger partial charge on any atom is 0.0705 e. The predicted molar refractivity (Wildman–Crippen MR) is 64.0 cm³/mol. The minimum Gasteiger partial charge on any atom is -0.309 e. The SMILES string of the molecule is CC1NCC2(CCC2)c2sc(Br)cc21. The Morgan fingerprint density at radius 3 is 3.00 bits per heavy atom. The lowest BCUT2D eigenvalue weighted by atomic mass is 9.65. The first-order valence-corrected chi connectivity index (χ1v) is 6.85. The van der Waals surface area contributed by atoms with E-state index in [2.05, 4.69) is 34.2 Å². The van der Waals surface area contributed by atoms with Gasteiger partial charge in [0.2, 0.25) is 0 Å². The normalized spacial score (nSPS) is 28.6. The molecule has 1 aromatic rings. The molecule has 1 fully saturated rings. The molecule has 0 radical (unpaired) electrons. The fraction of sp³-hybridized carbons (Fsp3) is 0.636. The largest absolute Gasteiger partial charge is 0.309 e. The lowest BCUT2D eigenvalue weighted by molar-refractivity contribution is 0.214. The maximum atomic E-state index is 3.63. The third-order valence-electron chi connectivity index (χ3n) is 3.74. The Bertz CT molecular complexity index is 367. The van der Waals surface area contributed by atoms with Gasteiger partial charge in [-0.05, 0) is 47.3 Å². The molecule has 3 heteroatoms. The number of rotatable bonds is 0. The van der Waals surface area contributed by atoms with Crippen LogP contribution in [0.5, 0.6) is 0 Å². The third kappa shape index (κ3) is 1.15. The van der Waals surface area contributed by atoms with Crippen LogP contribution in [-0.2, 0) is 5.41 Å². The van der Waals surface area contributed by atoms with Crippen LogP contribution in [0.15, 0.2) is 9.85 Å². The van der Waals surface area contributed by atoms with Gasteiger partial charge in [0, 0.05) is 22.9 Å². The highest BCUT2D eigenvalue weighted by molar-refractivity contribution is 9.11. The van der Waals surface area contributed by atoms with Crippen molar-refractivity contribution >= 4 is 27.3 Å². The molecule has 1 aliphatic heterocycles. The molecule has 2 aliphatic rings. The summed E-state index contributed by atoms with van der Waals surface area (Å²) in [5.41, 5.74) is 2.05. The van der Waals surface area contributed by atoms with Crippen LogP contribution in [-0.4, -0.2) is 6.54 Å². The van der Waals surface area contributed by atoms with Gasteiger partial charge in [0.15, 0.2) is 0 Å². The summed E-state index contributed by atoms with van der Waals surface area (Å²) in [6, 6.07) is 2.84. The Morgan fingerprint density at radius 2 is 2.36 bits per heavy atom. The van der Waals surface area contributed by atoms with Gasteiger partial charge in [0.25, 0.3) is 0 Å². The number of nitrogens with one attached hydrogen (secondary N) is 1. The standard InChI is InChI=1S/C11H14BrNS/c1-7-8-5-9(12)14-10(8)11(6-13-7)3-2-4-11/h5,7,13H,2-4,6H2,1H3. The molecular formula is C11H14BrNS. The molecule has 3 rings (SSSR count). The van der Waals surface area contributed by atoms with Crippen molar-refractivity contribution < 1.29 is 0 Å². The second kappa shape index (κ2) is 3.06. The molecule has 1 N–H and O–H groups in total. The van der Waals surface area contributed by atoms with Crippen LogP contribution in [0, 0.1) is 0 Å². The van der Waals surface area contributed by atoms with E-state index < -0.39 is 0 Å². The Labute approximate surface area is 97.0 Å². The second-order valence-electron chi connectivity index (χ2n) is 4.57. The van der Waals surface area contributed by atoms with Crippen LogP contribution in [0.25, 0.3) is 0 Å². The molecule has 1 saturated carbocycles. The van der Waals surface area contributed by atoms with Crippen LogP contribution in [0.2, 0.25) is 0 Å². The van der Waals surface area contributed by atoms with E-state index in [4.69, 9.17) is 0 Å². The Kier molecular flexibility index (Phi) is 2.05. The molecule has 76 valence electrons. The monoisotopic (exact) mass is 271 g/mol. The van der Waals surface area contributed by atoms with Gasteiger partial charge in [-0.25, -0.2) is 0 Å². The van der Waals surface area contributed by atoms with Gasteiger partial charge in [-0.2, -0.15) is 0 Å². The highest BCUT2D eigenvalue weighted by atomic mass is 79.9. The fourth-order valence-electron chi connectivity index (χ4n) is 2.66. The smallest absolute Gasteiger partial charge is 0.0705 e. The van der Waals surface area contributed by atoms with Crippen molar-refractivity contribution in [3.05, 3.63) is 20.3 Å². The Hall–Kier alpha value is 0.140. The molecule has 2 heterocycles. The van der Waals surface area contributed by atoms with Crippen molar-refractivity contribution in [3.63, 3.8) is 0 Å². The van der Waals surface area contributed by atoms with Crippen LogP contribution >= 0.6 is 27.3 Å². The summed E-state index contributed by atoms with van der Waals surface area (Å²) in [6.45, 7) is 3.46. The molecule has 1 unspecified atom stereocenters. The van der Waals surface area contributed by atoms with E-state index in [-0.39, 0.29) is 0 Å². The zero-order valence-corrected chi connectivity index (χ0v) is 10.7. The molecule has 1 aliphatic carbocycles. The molecule has 14 heavy (non-hydrogen) atoms. The van der Waals surface area contributed by atoms with E-state index in [0.717, 1.165) is 0 Å². The molecule has 1 aromatic heterocycles. The van der Waals surface area contributed by atoms with E-state index in [9.17, 15) is 0 Å². The zero-order valence-electron chi connectivity index (χ0n) is 8.27. The fourth-order valence-corrected chi connectivity index (χ4v) is 4.62. The topological polar surface area (TPSA) is 12.0 Å². The molecule has 0 saturated heterocycles. The summed E-state index contributed by atoms with van der Waals surface area (Å²) < 4.78 is 1.30. The van der Waals surface area contributed by atoms with Crippen LogP contribution in [0.1, 0.15) is 42.7 Å². The van der Waals surface area contributed by atoms with Crippen molar-refractivity contribution in [3.8, 4) is 0 Å². The summed E-state index contributed by atoms with van der Waals surface area (Å²) in [7, 11) is 0. The average molecular weight is 272 g/mol. The summed E-state index contributed by atoms with van der Waals surface area (Å²) in [5, 5.41) is 3.63. The van der Waals surface area contributed by atoms with Crippen molar-refractivity contribution in [2.75, 3.05) is 6.54 Å². The first-order valence-electron chi connectivity index (χ1n) is 5.24. The summed E-state index contributed by atoms with van der Waals surface area (Å²) in [6.07, 6.45) is 4.17. The van der Waals surface area contributed by atoms with E-state index in [0.29, 0.717) is 11.5 Å². The van der Waals surface area contributed by atoms with Crippen molar-refractivity contribution in [2.24, 2.45) is 0 Å². The van der Waals surface area contributed by atoms with Crippen molar-refractivity contribution in [1.82, 2.24) is 5.32 Å². The molecule has 0 aromatic carbocycles. The van der Waals surface area contributed by atoms with Gasteiger partial charge in [0.1, 0.15) is 0 Å². The average Bonchev–Trinajstić information content (AvgIpc) is 2.45. The van der Waals surface area contributed by atoms with Gasteiger partial charge in [-0.3, -0.25) is 0 Å². The number of halogens is 1. The highest BCUT2D eigenvalue weighted by Crippen LogP contribution is 2.51. The van der Waals surface area contributed by atoms with Gasteiger partial charge in [-0.1, -0.05) is 6.42 Å². The molecular weight excluding hydrogens is 258 g/mol. The number of hydrogen-bond donors (Lipinski definition) is 1. The van der Waals surface area contributed by atoms with E-state index >= 15 is 0 Å².